The fourth-order valence-electron chi connectivity index (χ4n) is 2.98. The SMILES string of the molecule is COc1cccc(CSc2nc(O)c(C=N)c3c2CCCC3)c1. The van der Waals surface area contributed by atoms with Crippen molar-refractivity contribution < 1.29 is 9.84 Å². The number of aromatic hydroxyl groups is 1. The third-order valence-corrected chi connectivity index (χ3v) is 5.24. The fourth-order valence-corrected chi connectivity index (χ4v) is 4.02. The van der Waals surface area contributed by atoms with Crippen LogP contribution in [0.5, 0.6) is 11.6 Å². The van der Waals surface area contributed by atoms with Gasteiger partial charge in [0, 0.05) is 12.0 Å². The number of benzene rings is 1. The minimum Gasteiger partial charge on any atom is -0.497 e. The van der Waals surface area contributed by atoms with Crippen LogP contribution in [0.1, 0.15) is 35.1 Å². The molecule has 1 heterocycles. The van der Waals surface area contributed by atoms with Crippen molar-refractivity contribution in [3.63, 3.8) is 0 Å². The first-order valence-corrected chi connectivity index (χ1v) is 8.72. The minimum atomic E-state index is -0.0196. The lowest BCUT2D eigenvalue weighted by molar-refractivity contribution is 0.414. The smallest absolute Gasteiger partial charge is 0.221 e. The van der Waals surface area contributed by atoms with Crippen LogP contribution in [0.15, 0.2) is 29.3 Å². The predicted molar refractivity (Wildman–Crippen MR) is 93.0 cm³/mol. The van der Waals surface area contributed by atoms with Crippen molar-refractivity contribution in [2.45, 2.75) is 36.5 Å². The van der Waals surface area contributed by atoms with Gasteiger partial charge in [-0.15, -0.1) is 11.8 Å². The Kier molecular flexibility index (Phi) is 4.86. The molecule has 120 valence electrons. The van der Waals surface area contributed by atoms with Gasteiger partial charge in [0.1, 0.15) is 10.8 Å². The molecule has 4 nitrogen and oxygen atoms in total. The topological polar surface area (TPSA) is 66.2 Å². The van der Waals surface area contributed by atoms with Crippen molar-refractivity contribution in [1.82, 2.24) is 4.98 Å². The molecule has 0 saturated carbocycles. The van der Waals surface area contributed by atoms with Gasteiger partial charge in [0.15, 0.2) is 0 Å². The summed E-state index contributed by atoms with van der Waals surface area (Å²) in [6, 6.07) is 7.99. The molecule has 0 bridgehead atoms. The van der Waals surface area contributed by atoms with Gasteiger partial charge in [0.25, 0.3) is 0 Å². The van der Waals surface area contributed by atoms with Gasteiger partial charge in [-0.3, -0.25) is 0 Å². The number of thioether (sulfide) groups is 1. The van der Waals surface area contributed by atoms with E-state index in [2.05, 4.69) is 11.1 Å². The zero-order valence-electron chi connectivity index (χ0n) is 13.1. The van der Waals surface area contributed by atoms with Gasteiger partial charge < -0.3 is 15.3 Å². The van der Waals surface area contributed by atoms with Gasteiger partial charge in [-0.25, -0.2) is 4.98 Å². The molecule has 1 aliphatic carbocycles. The molecular formula is C18H20N2O2S. The number of ether oxygens (including phenoxy) is 1. The van der Waals surface area contributed by atoms with E-state index < -0.39 is 0 Å². The number of hydrogen-bond donors (Lipinski definition) is 2. The zero-order valence-corrected chi connectivity index (χ0v) is 13.9. The van der Waals surface area contributed by atoms with Crippen molar-refractivity contribution >= 4 is 18.0 Å². The Morgan fingerprint density at radius 2 is 2.09 bits per heavy atom. The first-order valence-electron chi connectivity index (χ1n) is 7.74. The molecule has 3 rings (SSSR count). The van der Waals surface area contributed by atoms with Crippen LogP contribution in [-0.2, 0) is 18.6 Å². The summed E-state index contributed by atoms with van der Waals surface area (Å²) in [6.45, 7) is 0. The van der Waals surface area contributed by atoms with Crippen molar-refractivity contribution in [3.8, 4) is 11.6 Å². The Balaban J connectivity index is 1.88. The molecule has 1 aromatic carbocycles. The summed E-state index contributed by atoms with van der Waals surface area (Å²) < 4.78 is 5.26. The van der Waals surface area contributed by atoms with E-state index >= 15 is 0 Å². The molecule has 2 N–H and O–H groups in total. The van der Waals surface area contributed by atoms with Gasteiger partial charge in [-0.05, 0) is 54.5 Å². The number of pyridine rings is 1. The summed E-state index contributed by atoms with van der Waals surface area (Å²) in [5.41, 5.74) is 4.06. The average molecular weight is 328 g/mol. The highest BCUT2D eigenvalue weighted by molar-refractivity contribution is 7.98. The highest BCUT2D eigenvalue weighted by atomic mass is 32.2. The zero-order chi connectivity index (χ0) is 16.2. The van der Waals surface area contributed by atoms with Gasteiger partial charge in [-0.2, -0.15) is 0 Å². The third kappa shape index (κ3) is 3.34. The Morgan fingerprint density at radius 3 is 2.83 bits per heavy atom. The molecule has 1 aliphatic rings. The largest absolute Gasteiger partial charge is 0.497 e. The highest BCUT2D eigenvalue weighted by Gasteiger charge is 2.21. The van der Waals surface area contributed by atoms with Crippen LogP contribution in [0.4, 0.5) is 0 Å². The van der Waals surface area contributed by atoms with Crippen LogP contribution >= 0.6 is 11.8 Å². The molecule has 0 aliphatic heterocycles. The maximum Gasteiger partial charge on any atom is 0.221 e. The molecule has 23 heavy (non-hydrogen) atoms. The number of rotatable bonds is 5. The summed E-state index contributed by atoms with van der Waals surface area (Å²) >= 11 is 1.64. The van der Waals surface area contributed by atoms with E-state index in [0.717, 1.165) is 53.3 Å². The van der Waals surface area contributed by atoms with E-state index in [0.29, 0.717) is 5.56 Å². The normalized spacial score (nSPS) is 13.4. The van der Waals surface area contributed by atoms with Crippen molar-refractivity contribution in [1.29, 1.82) is 5.41 Å². The number of methoxy groups -OCH3 is 1. The van der Waals surface area contributed by atoms with Crippen LogP contribution in [0.2, 0.25) is 0 Å². The van der Waals surface area contributed by atoms with Crippen molar-refractivity contribution in [2.75, 3.05) is 7.11 Å². The number of nitrogens with one attached hydrogen (secondary N) is 1. The lowest BCUT2D eigenvalue weighted by atomic mass is 9.90. The van der Waals surface area contributed by atoms with Crippen LogP contribution in [-0.4, -0.2) is 23.4 Å². The molecule has 1 aromatic heterocycles. The molecule has 5 heteroatoms. The van der Waals surface area contributed by atoms with Gasteiger partial charge >= 0.3 is 0 Å². The second kappa shape index (κ2) is 7.04. The number of fused-ring (bicyclic) bond motifs is 1. The van der Waals surface area contributed by atoms with E-state index in [-0.39, 0.29) is 5.88 Å². The Hall–Kier alpha value is -2.01. The standard InChI is InChI=1S/C18H20N2O2S/c1-22-13-6-4-5-12(9-13)11-23-18-15-8-3-2-7-14(15)16(10-19)17(21)20-18/h4-6,9-10,19H,2-3,7-8,11H2,1H3,(H,20,21). The van der Waals surface area contributed by atoms with E-state index in [1.807, 2.05) is 18.2 Å². The number of aromatic nitrogens is 1. The summed E-state index contributed by atoms with van der Waals surface area (Å²) in [7, 11) is 1.66. The molecule has 0 amide bonds. The molecule has 0 unspecified atom stereocenters. The monoisotopic (exact) mass is 328 g/mol. The van der Waals surface area contributed by atoms with E-state index in [1.165, 1.54) is 11.8 Å². The molecule has 0 fully saturated rings. The van der Waals surface area contributed by atoms with Crippen LogP contribution in [0.25, 0.3) is 0 Å². The second-order valence-electron chi connectivity index (χ2n) is 5.60. The Morgan fingerprint density at radius 1 is 1.30 bits per heavy atom. The van der Waals surface area contributed by atoms with Crippen molar-refractivity contribution in [2.24, 2.45) is 0 Å². The molecular weight excluding hydrogens is 308 g/mol. The van der Waals surface area contributed by atoms with Crippen LogP contribution < -0.4 is 4.74 Å². The molecule has 0 saturated heterocycles. The Bertz CT molecular complexity index is 731. The van der Waals surface area contributed by atoms with E-state index in [1.54, 1.807) is 18.9 Å². The highest BCUT2D eigenvalue weighted by Crippen LogP contribution is 2.36. The third-order valence-electron chi connectivity index (χ3n) is 4.15. The fraction of sp³-hybridized carbons (Fsp3) is 0.333. The lowest BCUT2D eigenvalue weighted by Crippen LogP contribution is -2.10. The van der Waals surface area contributed by atoms with E-state index in [4.69, 9.17) is 10.1 Å². The van der Waals surface area contributed by atoms with Gasteiger partial charge in [-0.1, -0.05) is 12.1 Å². The first-order chi connectivity index (χ1) is 11.2. The van der Waals surface area contributed by atoms with Crippen molar-refractivity contribution in [3.05, 3.63) is 46.5 Å². The van der Waals surface area contributed by atoms with Gasteiger partial charge in [0.2, 0.25) is 5.88 Å². The average Bonchev–Trinajstić information content (AvgIpc) is 2.60. The summed E-state index contributed by atoms with van der Waals surface area (Å²) in [5, 5.41) is 18.6. The quantitative estimate of drug-likeness (QED) is 0.644. The van der Waals surface area contributed by atoms with Crippen LogP contribution in [0, 0.1) is 5.41 Å². The maximum absolute atomic E-state index is 10.1. The number of hydrogen-bond acceptors (Lipinski definition) is 5. The second-order valence-corrected chi connectivity index (χ2v) is 6.57. The first kappa shape index (κ1) is 15.9. The molecule has 2 aromatic rings. The predicted octanol–water partition coefficient (Wildman–Crippen LogP) is 3.96. The maximum atomic E-state index is 10.1. The Labute approximate surface area is 140 Å². The molecule has 0 radical (unpaired) electrons. The summed E-state index contributed by atoms with van der Waals surface area (Å²) in [4.78, 5) is 4.35. The summed E-state index contributed by atoms with van der Waals surface area (Å²) in [6.07, 6.45) is 5.37. The minimum absolute atomic E-state index is 0.0196. The van der Waals surface area contributed by atoms with Gasteiger partial charge in [0.05, 0.1) is 12.7 Å². The summed E-state index contributed by atoms with van der Waals surface area (Å²) in [5.74, 6) is 1.61. The van der Waals surface area contributed by atoms with E-state index in [9.17, 15) is 5.11 Å². The lowest BCUT2D eigenvalue weighted by Gasteiger charge is -2.21. The number of nitrogens with zero attached hydrogens (tertiary/aromatic N) is 1. The van der Waals surface area contributed by atoms with Crippen LogP contribution in [0.3, 0.4) is 0 Å². The molecule has 0 spiro atoms. The molecule has 0 atom stereocenters.